The maximum Gasteiger partial charge on any atom is 0.319 e. The number of H-pyrrole nitrogens is 1. The van der Waals surface area contributed by atoms with E-state index in [2.05, 4.69) is 20.9 Å². The predicted molar refractivity (Wildman–Crippen MR) is 170 cm³/mol. The van der Waals surface area contributed by atoms with Crippen LogP contribution in [-0.4, -0.2) is 35.8 Å². The number of pyridine rings is 1. The van der Waals surface area contributed by atoms with Crippen molar-refractivity contribution in [3.63, 3.8) is 0 Å². The number of anilines is 1. The molecule has 0 saturated heterocycles. The monoisotopic (exact) mass is 576 g/mol. The maximum atomic E-state index is 12.3. The lowest BCUT2D eigenvalue weighted by molar-refractivity contribution is 0.176. The van der Waals surface area contributed by atoms with Gasteiger partial charge in [-0.3, -0.25) is 4.79 Å². The summed E-state index contributed by atoms with van der Waals surface area (Å²) in [5.41, 5.74) is 5.02. The van der Waals surface area contributed by atoms with E-state index < -0.39 is 6.10 Å². The fourth-order valence-corrected chi connectivity index (χ4v) is 4.92. The smallest absolute Gasteiger partial charge is 0.319 e. The highest BCUT2D eigenvalue weighted by atomic mass is 16.5. The fourth-order valence-electron chi connectivity index (χ4n) is 4.92. The first-order chi connectivity index (χ1) is 21.0. The normalized spacial score (nSPS) is 11.7. The summed E-state index contributed by atoms with van der Waals surface area (Å²) in [6, 6.07) is 34.1. The molecule has 1 atom stereocenters. The van der Waals surface area contributed by atoms with Crippen LogP contribution < -0.4 is 26.2 Å². The van der Waals surface area contributed by atoms with Crippen molar-refractivity contribution in [3.8, 4) is 5.75 Å². The molecule has 5 N–H and O–H groups in total. The third-order valence-corrected chi connectivity index (χ3v) is 7.14. The molecule has 0 spiro atoms. The van der Waals surface area contributed by atoms with Crippen molar-refractivity contribution < 1.29 is 14.6 Å². The maximum absolute atomic E-state index is 12.3. The van der Waals surface area contributed by atoms with Gasteiger partial charge < -0.3 is 30.8 Å². The number of aromatic amines is 1. The van der Waals surface area contributed by atoms with Crippen LogP contribution >= 0.6 is 0 Å². The van der Waals surface area contributed by atoms with E-state index >= 15 is 0 Å². The van der Waals surface area contributed by atoms with Crippen molar-refractivity contribution in [2.45, 2.75) is 25.6 Å². The molecule has 0 bridgehead atoms. The minimum atomic E-state index is -0.788. The number of nitrogens with one attached hydrogen (secondary N) is 4. The van der Waals surface area contributed by atoms with Crippen molar-refractivity contribution in [3.05, 3.63) is 142 Å². The summed E-state index contributed by atoms with van der Waals surface area (Å²) in [4.78, 5) is 27.3. The number of benzene rings is 4. The van der Waals surface area contributed by atoms with Crippen LogP contribution in [0.2, 0.25) is 0 Å². The van der Waals surface area contributed by atoms with Gasteiger partial charge in [0.25, 0.3) is 0 Å². The number of amides is 2. The largest absolute Gasteiger partial charge is 0.487 e. The standard InChI is InChI=1S/C35H36N4O4/c40-31(29-14-16-32(34-30(29)15-17-33(41)39-34)43-24-27-10-5-2-6-11-27)23-36-20-18-26-12-7-13-28(22-26)38-35(42)37-21-19-25-8-3-1-4-9-25/h1-17,22,31,36,40H,18-21,23-24H2,(H,39,41)(H2,37,38,42)/t31-/m0/s1. The number of carbonyl (C=O) groups is 1. The first kappa shape index (κ1) is 29.6. The molecule has 5 rings (SSSR count). The molecular formula is C35H36N4O4. The van der Waals surface area contributed by atoms with Crippen LogP contribution in [0.25, 0.3) is 10.9 Å². The van der Waals surface area contributed by atoms with Crippen LogP contribution in [0, 0.1) is 0 Å². The van der Waals surface area contributed by atoms with Crippen LogP contribution in [0.5, 0.6) is 5.75 Å². The molecule has 0 fully saturated rings. The number of aromatic nitrogens is 1. The Labute approximate surface area is 250 Å². The van der Waals surface area contributed by atoms with E-state index in [1.807, 2.05) is 91.0 Å². The molecule has 8 heteroatoms. The Morgan fingerprint density at radius 1 is 0.791 bits per heavy atom. The van der Waals surface area contributed by atoms with Crippen molar-refractivity contribution in [1.82, 2.24) is 15.6 Å². The number of fused-ring (bicyclic) bond motifs is 1. The van der Waals surface area contributed by atoms with Crippen LogP contribution in [0.3, 0.4) is 0 Å². The molecule has 0 aliphatic carbocycles. The topological polar surface area (TPSA) is 115 Å². The van der Waals surface area contributed by atoms with Gasteiger partial charge in [0, 0.05) is 30.2 Å². The molecule has 1 aromatic heterocycles. The van der Waals surface area contributed by atoms with Gasteiger partial charge in [0.1, 0.15) is 12.4 Å². The summed E-state index contributed by atoms with van der Waals surface area (Å²) in [6.45, 7) is 1.89. The van der Waals surface area contributed by atoms with Gasteiger partial charge in [-0.25, -0.2) is 4.79 Å². The highest BCUT2D eigenvalue weighted by Gasteiger charge is 2.15. The first-order valence-corrected chi connectivity index (χ1v) is 14.4. The molecule has 0 aliphatic heterocycles. The van der Waals surface area contributed by atoms with Crippen LogP contribution in [-0.2, 0) is 19.4 Å². The molecule has 1 heterocycles. The number of hydrogen-bond acceptors (Lipinski definition) is 5. The number of ether oxygens (including phenoxy) is 1. The van der Waals surface area contributed by atoms with E-state index in [9.17, 15) is 14.7 Å². The Bertz CT molecular complexity index is 1690. The van der Waals surface area contributed by atoms with Crippen molar-refractivity contribution >= 4 is 22.6 Å². The zero-order valence-corrected chi connectivity index (χ0v) is 23.9. The second-order valence-corrected chi connectivity index (χ2v) is 10.3. The average molecular weight is 577 g/mol. The summed E-state index contributed by atoms with van der Waals surface area (Å²) in [5.74, 6) is 0.554. The van der Waals surface area contributed by atoms with Gasteiger partial charge >= 0.3 is 6.03 Å². The lowest BCUT2D eigenvalue weighted by Gasteiger charge is -2.17. The molecule has 2 amide bonds. The quantitative estimate of drug-likeness (QED) is 0.121. The molecule has 0 unspecified atom stereocenters. The Kier molecular flexibility index (Phi) is 10.2. The highest BCUT2D eigenvalue weighted by molar-refractivity contribution is 5.89. The fraction of sp³-hybridized carbons (Fsp3) is 0.200. The lowest BCUT2D eigenvalue weighted by Crippen LogP contribution is -2.30. The van der Waals surface area contributed by atoms with E-state index in [1.54, 1.807) is 12.1 Å². The third-order valence-electron chi connectivity index (χ3n) is 7.14. The van der Waals surface area contributed by atoms with E-state index in [4.69, 9.17) is 4.74 Å². The summed E-state index contributed by atoms with van der Waals surface area (Å²) >= 11 is 0. The predicted octanol–water partition coefficient (Wildman–Crippen LogP) is 5.34. The van der Waals surface area contributed by atoms with E-state index in [0.717, 1.165) is 35.0 Å². The molecule has 4 aromatic carbocycles. The Balaban J connectivity index is 1.11. The van der Waals surface area contributed by atoms with Crippen LogP contribution in [0.1, 0.15) is 28.4 Å². The number of aliphatic hydroxyl groups is 1. The molecule has 220 valence electrons. The molecule has 0 radical (unpaired) electrons. The second-order valence-electron chi connectivity index (χ2n) is 10.3. The van der Waals surface area contributed by atoms with Crippen LogP contribution in [0.15, 0.2) is 114 Å². The van der Waals surface area contributed by atoms with Crippen molar-refractivity contribution in [2.75, 3.05) is 25.0 Å². The minimum absolute atomic E-state index is 0.233. The molecule has 5 aromatic rings. The molecule has 43 heavy (non-hydrogen) atoms. The Hall–Kier alpha value is -4.92. The lowest BCUT2D eigenvalue weighted by atomic mass is 10.0. The molecule has 8 nitrogen and oxygen atoms in total. The van der Waals surface area contributed by atoms with Gasteiger partial charge in [-0.05, 0) is 65.9 Å². The van der Waals surface area contributed by atoms with E-state index in [-0.39, 0.29) is 11.6 Å². The summed E-state index contributed by atoms with van der Waals surface area (Å²) in [5, 5.41) is 20.9. The molecule has 0 aliphatic rings. The number of rotatable bonds is 13. The average Bonchev–Trinajstić information content (AvgIpc) is 3.03. The zero-order chi connectivity index (χ0) is 29.9. The Morgan fingerprint density at radius 3 is 2.30 bits per heavy atom. The summed E-state index contributed by atoms with van der Waals surface area (Å²) in [7, 11) is 0. The van der Waals surface area contributed by atoms with Gasteiger partial charge in [-0.15, -0.1) is 0 Å². The van der Waals surface area contributed by atoms with Crippen molar-refractivity contribution in [2.24, 2.45) is 0 Å². The number of hydrogen-bond donors (Lipinski definition) is 5. The van der Waals surface area contributed by atoms with Gasteiger partial charge in [0.15, 0.2) is 0 Å². The minimum Gasteiger partial charge on any atom is -0.487 e. The van der Waals surface area contributed by atoms with Gasteiger partial charge in [0.05, 0.1) is 11.6 Å². The van der Waals surface area contributed by atoms with Gasteiger partial charge in [0.2, 0.25) is 5.56 Å². The Morgan fingerprint density at radius 2 is 1.51 bits per heavy atom. The van der Waals surface area contributed by atoms with Crippen molar-refractivity contribution in [1.29, 1.82) is 0 Å². The van der Waals surface area contributed by atoms with Crippen LogP contribution in [0.4, 0.5) is 10.5 Å². The number of carbonyl (C=O) groups excluding carboxylic acids is 1. The van der Waals surface area contributed by atoms with Gasteiger partial charge in [-0.1, -0.05) is 78.9 Å². The highest BCUT2D eigenvalue weighted by Crippen LogP contribution is 2.30. The summed E-state index contributed by atoms with van der Waals surface area (Å²) in [6.07, 6.45) is 0.702. The molecule has 0 saturated carbocycles. The third kappa shape index (κ3) is 8.54. The zero-order valence-electron chi connectivity index (χ0n) is 23.9. The van der Waals surface area contributed by atoms with Gasteiger partial charge in [-0.2, -0.15) is 0 Å². The first-order valence-electron chi connectivity index (χ1n) is 14.4. The summed E-state index contributed by atoms with van der Waals surface area (Å²) < 4.78 is 6.02. The van der Waals surface area contributed by atoms with E-state index in [0.29, 0.717) is 43.1 Å². The number of urea groups is 1. The van der Waals surface area contributed by atoms with E-state index in [1.165, 1.54) is 11.6 Å². The number of aliphatic hydroxyl groups excluding tert-OH is 1. The second kappa shape index (κ2) is 14.8. The SMILES string of the molecule is O=C(NCCc1ccccc1)Nc1cccc(CCNC[C@H](O)c2ccc(OCc3ccccc3)c3[nH]c(=O)ccc23)c1. The molecular weight excluding hydrogens is 540 g/mol.